The van der Waals surface area contributed by atoms with Crippen molar-refractivity contribution in [2.45, 2.75) is 194 Å². The number of rotatable bonds is 38. The summed E-state index contributed by atoms with van der Waals surface area (Å²) in [6, 6.07) is 0. The van der Waals surface area contributed by atoms with Crippen LogP contribution in [0.3, 0.4) is 0 Å². The first-order chi connectivity index (χ1) is 25.6. The van der Waals surface area contributed by atoms with Gasteiger partial charge in [-0.05, 0) is 83.5 Å². The Hall–Kier alpha value is -2.66. The lowest BCUT2D eigenvalue weighted by molar-refractivity contribution is -0.163. The predicted molar refractivity (Wildman–Crippen MR) is 224 cm³/mol. The highest BCUT2D eigenvalue weighted by Crippen LogP contribution is 2.11. The van der Waals surface area contributed by atoms with Gasteiger partial charge < -0.3 is 14.2 Å². The molecular formula is C47H80O5. The average Bonchev–Trinajstić information content (AvgIpc) is 3.14. The van der Waals surface area contributed by atoms with Crippen LogP contribution in [0.5, 0.6) is 0 Å². The van der Waals surface area contributed by atoms with Crippen LogP contribution in [-0.4, -0.2) is 37.9 Å². The number of ether oxygens (including phenoxy) is 3. The quantitative estimate of drug-likeness (QED) is 0.0360. The molecule has 0 radical (unpaired) electrons. The maximum absolute atomic E-state index is 12.5. The molecule has 0 fully saturated rings. The summed E-state index contributed by atoms with van der Waals surface area (Å²) in [4.78, 5) is 24.9. The second-order valence-corrected chi connectivity index (χ2v) is 13.9. The van der Waals surface area contributed by atoms with E-state index in [-0.39, 0.29) is 25.2 Å². The van der Waals surface area contributed by atoms with Gasteiger partial charge in [-0.2, -0.15) is 0 Å². The average molecular weight is 725 g/mol. The van der Waals surface area contributed by atoms with Crippen molar-refractivity contribution < 1.29 is 23.8 Å². The van der Waals surface area contributed by atoms with Crippen molar-refractivity contribution in [1.29, 1.82) is 0 Å². The summed E-state index contributed by atoms with van der Waals surface area (Å²) in [6.07, 6.45) is 53.6. The third kappa shape index (κ3) is 40.1. The van der Waals surface area contributed by atoms with Crippen molar-refractivity contribution in [1.82, 2.24) is 0 Å². The Kier molecular flexibility index (Phi) is 40.6. The van der Waals surface area contributed by atoms with E-state index in [2.05, 4.69) is 93.7 Å². The lowest BCUT2D eigenvalue weighted by atomic mass is 10.1. The molecule has 1 atom stereocenters. The molecule has 0 aromatic heterocycles. The van der Waals surface area contributed by atoms with Crippen LogP contribution in [0.4, 0.5) is 0 Å². The van der Waals surface area contributed by atoms with Gasteiger partial charge in [0.05, 0.1) is 6.61 Å². The van der Waals surface area contributed by atoms with Gasteiger partial charge in [0.25, 0.3) is 0 Å². The molecule has 0 bridgehead atoms. The van der Waals surface area contributed by atoms with Crippen molar-refractivity contribution in [3.8, 4) is 0 Å². The van der Waals surface area contributed by atoms with Gasteiger partial charge in [0.15, 0.2) is 6.10 Å². The zero-order chi connectivity index (χ0) is 37.8. The molecule has 0 heterocycles. The van der Waals surface area contributed by atoms with Crippen LogP contribution in [0.1, 0.15) is 188 Å². The van der Waals surface area contributed by atoms with Crippen molar-refractivity contribution in [3.63, 3.8) is 0 Å². The summed E-state index contributed by atoms with van der Waals surface area (Å²) >= 11 is 0. The van der Waals surface area contributed by atoms with Crippen molar-refractivity contribution in [2.24, 2.45) is 0 Å². The largest absolute Gasteiger partial charge is 0.462 e. The monoisotopic (exact) mass is 725 g/mol. The normalized spacial score (nSPS) is 12.9. The number of hydrogen-bond acceptors (Lipinski definition) is 5. The second-order valence-electron chi connectivity index (χ2n) is 13.9. The van der Waals surface area contributed by atoms with Crippen LogP contribution in [0.25, 0.3) is 0 Å². The lowest BCUT2D eigenvalue weighted by Crippen LogP contribution is -2.30. The van der Waals surface area contributed by atoms with E-state index in [0.29, 0.717) is 19.4 Å². The number of allylic oxidation sites excluding steroid dienone is 12. The molecule has 0 saturated heterocycles. The summed E-state index contributed by atoms with van der Waals surface area (Å²) < 4.78 is 17.1. The Morgan fingerprint density at radius 3 is 1.48 bits per heavy atom. The molecule has 298 valence electrons. The molecule has 0 rings (SSSR count). The highest BCUT2D eigenvalue weighted by molar-refractivity contribution is 5.70. The first-order valence-corrected chi connectivity index (χ1v) is 21.5. The van der Waals surface area contributed by atoms with Crippen molar-refractivity contribution in [3.05, 3.63) is 72.9 Å². The van der Waals surface area contributed by atoms with Crippen molar-refractivity contribution in [2.75, 3.05) is 19.8 Å². The topological polar surface area (TPSA) is 61.8 Å². The molecule has 0 aromatic carbocycles. The van der Waals surface area contributed by atoms with E-state index >= 15 is 0 Å². The highest BCUT2D eigenvalue weighted by atomic mass is 16.6. The second kappa shape index (κ2) is 42.8. The fourth-order valence-corrected chi connectivity index (χ4v) is 5.54. The lowest BCUT2D eigenvalue weighted by Gasteiger charge is -2.18. The minimum atomic E-state index is -0.558. The molecule has 0 aliphatic carbocycles. The standard InChI is InChI=1S/C47H80O5/c1-4-7-10-13-15-17-19-21-23-24-25-26-28-30-32-35-37-40-46(48)51-44-45(52-47(49)41-38-34-12-9-6-3)43-50-42-39-36-33-31-29-27-22-20-18-16-14-11-8-5-2/h7,10,15,17-18,20-21,23,25-26,30,32,45H,4-6,8-9,11-14,16,19,22,24,27-29,31,33-44H2,1-3H3/b10-7-,17-15-,20-18-,23-21-,26-25-,32-30-. The number of unbranched alkanes of at least 4 members (excludes halogenated alkanes) is 15. The number of hydrogen-bond donors (Lipinski definition) is 0. The molecule has 5 heteroatoms. The van der Waals surface area contributed by atoms with E-state index in [9.17, 15) is 9.59 Å². The highest BCUT2D eigenvalue weighted by Gasteiger charge is 2.17. The Balaban J connectivity index is 4.20. The molecular weight excluding hydrogens is 645 g/mol. The minimum Gasteiger partial charge on any atom is -0.462 e. The summed E-state index contributed by atoms with van der Waals surface area (Å²) in [5.41, 5.74) is 0. The van der Waals surface area contributed by atoms with Gasteiger partial charge in [0.2, 0.25) is 0 Å². The molecule has 52 heavy (non-hydrogen) atoms. The summed E-state index contributed by atoms with van der Waals surface area (Å²) in [5, 5.41) is 0. The van der Waals surface area contributed by atoms with Crippen LogP contribution in [0.15, 0.2) is 72.9 Å². The number of carbonyl (C=O) groups excluding carboxylic acids is 2. The first-order valence-electron chi connectivity index (χ1n) is 21.5. The van der Waals surface area contributed by atoms with Gasteiger partial charge in [-0.3, -0.25) is 9.59 Å². The maximum atomic E-state index is 12.5. The number of carbonyl (C=O) groups is 2. The van der Waals surface area contributed by atoms with Crippen LogP contribution < -0.4 is 0 Å². The molecule has 0 spiro atoms. The zero-order valence-electron chi connectivity index (χ0n) is 34.1. The molecule has 0 N–H and O–H groups in total. The fraction of sp³-hybridized carbons (Fsp3) is 0.702. The predicted octanol–water partition coefficient (Wildman–Crippen LogP) is 14.0. The summed E-state index contributed by atoms with van der Waals surface area (Å²) in [7, 11) is 0. The van der Waals surface area contributed by atoms with Gasteiger partial charge in [-0.25, -0.2) is 0 Å². The van der Waals surface area contributed by atoms with E-state index in [0.717, 1.165) is 77.0 Å². The Labute approximate surface area is 321 Å². The summed E-state index contributed by atoms with van der Waals surface area (Å²) in [6.45, 7) is 7.54. The van der Waals surface area contributed by atoms with E-state index < -0.39 is 6.10 Å². The molecule has 0 aromatic rings. The molecule has 0 aliphatic heterocycles. The van der Waals surface area contributed by atoms with Gasteiger partial charge in [-0.1, -0.05) is 164 Å². The Bertz CT molecular complexity index is 957. The Morgan fingerprint density at radius 2 is 0.885 bits per heavy atom. The van der Waals surface area contributed by atoms with Gasteiger partial charge in [0.1, 0.15) is 6.61 Å². The molecule has 1 unspecified atom stereocenters. The van der Waals surface area contributed by atoms with E-state index in [1.54, 1.807) is 0 Å². The van der Waals surface area contributed by atoms with E-state index in [1.165, 1.54) is 77.0 Å². The fourth-order valence-electron chi connectivity index (χ4n) is 5.54. The Morgan fingerprint density at radius 1 is 0.442 bits per heavy atom. The number of esters is 2. The summed E-state index contributed by atoms with van der Waals surface area (Å²) in [5.74, 6) is -0.485. The smallest absolute Gasteiger partial charge is 0.306 e. The molecule has 0 saturated carbocycles. The third-order valence-electron chi connectivity index (χ3n) is 8.73. The molecule has 0 aliphatic rings. The van der Waals surface area contributed by atoms with Gasteiger partial charge in [0, 0.05) is 19.4 Å². The first kappa shape index (κ1) is 49.3. The SMILES string of the molecule is CC/C=C\C/C=C\C/C=C\C/C=C\C/C=C\CCCC(=O)OCC(COCCCCCCCC/C=C\CCCCCC)OC(=O)CCCCCCC. The van der Waals surface area contributed by atoms with Gasteiger partial charge >= 0.3 is 11.9 Å². The van der Waals surface area contributed by atoms with Crippen molar-refractivity contribution >= 4 is 11.9 Å². The molecule has 5 nitrogen and oxygen atoms in total. The third-order valence-corrected chi connectivity index (χ3v) is 8.73. The maximum Gasteiger partial charge on any atom is 0.306 e. The minimum absolute atomic E-state index is 0.0509. The molecule has 0 amide bonds. The van der Waals surface area contributed by atoms with Crippen LogP contribution in [-0.2, 0) is 23.8 Å². The van der Waals surface area contributed by atoms with Crippen LogP contribution >= 0.6 is 0 Å². The van der Waals surface area contributed by atoms with Crippen LogP contribution in [0.2, 0.25) is 0 Å². The van der Waals surface area contributed by atoms with E-state index in [4.69, 9.17) is 14.2 Å². The van der Waals surface area contributed by atoms with Gasteiger partial charge in [-0.15, -0.1) is 0 Å². The zero-order valence-corrected chi connectivity index (χ0v) is 34.1. The van der Waals surface area contributed by atoms with E-state index in [1.807, 2.05) is 0 Å². The van der Waals surface area contributed by atoms with Crippen LogP contribution in [0, 0.1) is 0 Å².